The number of hydrogen-bond acceptors (Lipinski definition) is 3. The number of aryl methyl sites for hydroxylation is 3. The van der Waals surface area contributed by atoms with E-state index in [1.54, 1.807) is 15.6 Å². The molecule has 2 N–H and O–H groups in total. The molecular weight excluding hydrogens is 238 g/mol. The van der Waals surface area contributed by atoms with E-state index in [1.807, 2.05) is 20.2 Å². The highest BCUT2D eigenvalue weighted by Gasteiger charge is 2.20. The van der Waals surface area contributed by atoms with Gasteiger partial charge in [0.1, 0.15) is 0 Å². The Morgan fingerprint density at radius 3 is 2.59 bits per heavy atom. The fraction of sp³-hybridized carbons (Fsp3) is 0.455. The molecule has 2 aromatic heterocycles. The Balaban J connectivity index is 2.43. The molecular formula is C11H16ClN5. The molecule has 17 heavy (non-hydrogen) atoms. The zero-order chi connectivity index (χ0) is 12.6. The summed E-state index contributed by atoms with van der Waals surface area (Å²) in [6.07, 6.45) is 2.49. The van der Waals surface area contributed by atoms with E-state index in [-0.39, 0.29) is 6.04 Å². The van der Waals surface area contributed by atoms with Crippen LogP contribution in [-0.4, -0.2) is 19.6 Å². The standard InChI is InChI=1S/C11H16ClN5/c1-4-7-5-9(16(2)15-7)10(13)11-8(12)6-14-17(11)3/h5-6,10H,4,13H2,1-3H3. The SMILES string of the molecule is CCc1cc(C(N)c2c(Cl)cnn2C)n(C)n1. The van der Waals surface area contributed by atoms with Gasteiger partial charge in [-0.05, 0) is 12.5 Å². The lowest BCUT2D eigenvalue weighted by atomic mass is 10.1. The highest BCUT2D eigenvalue weighted by atomic mass is 35.5. The Morgan fingerprint density at radius 2 is 2.12 bits per heavy atom. The van der Waals surface area contributed by atoms with E-state index in [1.165, 1.54) is 0 Å². The van der Waals surface area contributed by atoms with Gasteiger partial charge in [-0.25, -0.2) is 0 Å². The molecule has 0 aromatic carbocycles. The van der Waals surface area contributed by atoms with Gasteiger partial charge in [0.15, 0.2) is 0 Å². The first kappa shape index (κ1) is 12.1. The second-order valence-corrected chi connectivity index (χ2v) is 4.42. The molecule has 0 spiro atoms. The quantitative estimate of drug-likeness (QED) is 0.900. The van der Waals surface area contributed by atoms with E-state index in [2.05, 4.69) is 17.1 Å². The lowest BCUT2D eigenvalue weighted by Crippen LogP contribution is -2.19. The molecule has 1 unspecified atom stereocenters. The Labute approximate surface area is 105 Å². The molecule has 0 bridgehead atoms. The molecule has 0 aliphatic heterocycles. The van der Waals surface area contributed by atoms with Gasteiger partial charge in [0.25, 0.3) is 0 Å². The topological polar surface area (TPSA) is 61.7 Å². The van der Waals surface area contributed by atoms with Gasteiger partial charge in [-0.3, -0.25) is 9.36 Å². The van der Waals surface area contributed by atoms with Crippen LogP contribution in [0.25, 0.3) is 0 Å². The van der Waals surface area contributed by atoms with Gasteiger partial charge in [-0.2, -0.15) is 10.2 Å². The summed E-state index contributed by atoms with van der Waals surface area (Å²) >= 11 is 6.09. The first-order chi connectivity index (χ1) is 8.04. The van der Waals surface area contributed by atoms with Crippen LogP contribution in [0, 0.1) is 0 Å². The third-order valence-electron chi connectivity index (χ3n) is 2.88. The van der Waals surface area contributed by atoms with E-state index in [0.29, 0.717) is 5.02 Å². The molecule has 5 nitrogen and oxygen atoms in total. The van der Waals surface area contributed by atoms with E-state index in [0.717, 1.165) is 23.5 Å². The molecule has 1 atom stereocenters. The Kier molecular flexibility index (Phi) is 3.22. The van der Waals surface area contributed by atoms with Gasteiger partial charge in [0.05, 0.1) is 34.3 Å². The maximum atomic E-state index is 6.23. The summed E-state index contributed by atoms with van der Waals surface area (Å²) in [6.45, 7) is 2.06. The smallest absolute Gasteiger partial charge is 0.0908 e. The van der Waals surface area contributed by atoms with Crippen molar-refractivity contribution < 1.29 is 0 Å². The van der Waals surface area contributed by atoms with Crippen LogP contribution in [0.2, 0.25) is 5.02 Å². The largest absolute Gasteiger partial charge is 0.318 e. The summed E-state index contributed by atoms with van der Waals surface area (Å²) in [5.41, 5.74) is 8.99. The minimum absolute atomic E-state index is 0.312. The lowest BCUT2D eigenvalue weighted by molar-refractivity contribution is 0.619. The van der Waals surface area contributed by atoms with Crippen LogP contribution in [0.5, 0.6) is 0 Å². The monoisotopic (exact) mass is 253 g/mol. The fourth-order valence-corrected chi connectivity index (χ4v) is 2.20. The number of hydrogen-bond donors (Lipinski definition) is 1. The maximum Gasteiger partial charge on any atom is 0.0908 e. The van der Waals surface area contributed by atoms with Crippen LogP contribution in [0.4, 0.5) is 0 Å². The fourth-order valence-electron chi connectivity index (χ4n) is 1.92. The molecule has 0 saturated heterocycles. The van der Waals surface area contributed by atoms with Crippen LogP contribution in [0.1, 0.15) is 30.0 Å². The molecule has 0 aliphatic rings. The Bertz CT molecular complexity index is 508. The van der Waals surface area contributed by atoms with Gasteiger partial charge < -0.3 is 5.73 Å². The normalized spacial score (nSPS) is 13.0. The first-order valence-electron chi connectivity index (χ1n) is 5.50. The van der Waals surface area contributed by atoms with Gasteiger partial charge in [0, 0.05) is 14.1 Å². The van der Waals surface area contributed by atoms with Crippen molar-refractivity contribution in [2.75, 3.05) is 0 Å². The van der Waals surface area contributed by atoms with E-state index in [9.17, 15) is 0 Å². The maximum absolute atomic E-state index is 6.23. The molecule has 92 valence electrons. The van der Waals surface area contributed by atoms with Gasteiger partial charge in [-0.1, -0.05) is 18.5 Å². The number of nitrogens with zero attached hydrogens (tertiary/aromatic N) is 4. The number of rotatable bonds is 3. The Morgan fingerprint density at radius 1 is 1.41 bits per heavy atom. The van der Waals surface area contributed by atoms with Gasteiger partial charge in [-0.15, -0.1) is 0 Å². The first-order valence-corrected chi connectivity index (χ1v) is 5.88. The van der Waals surface area contributed by atoms with Gasteiger partial charge >= 0.3 is 0 Å². The minimum atomic E-state index is -0.312. The third-order valence-corrected chi connectivity index (χ3v) is 3.17. The number of aromatic nitrogens is 4. The second kappa shape index (κ2) is 4.50. The van der Waals surface area contributed by atoms with E-state index in [4.69, 9.17) is 17.3 Å². The lowest BCUT2D eigenvalue weighted by Gasteiger charge is -2.12. The van der Waals surface area contributed by atoms with Crippen LogP contribution in [-0.2, 0) is 20.5 Å². The summed E-state index contributed by atoms with van der Waals surface area (Å²) < 4.78 is 3.50. The van der Waals surface area contributed by atoms with Crippen molar-refractivity contribution in [3.63, 3.8) is 0 Å². The molecule has 0 saturated carbocycles. The third kappa shape index (κ3) is 2.08. The summed E-state index contributed by atoms with van der Waals surface area (Å²) in [4.78, 5) is 0. The molecule has 0 amide bonds. The van der Waals surface area contributed by atoms with E-state index < -0.39 is 0 Å². The highest BCUT2D eigenvalue weighted by molar-refractivity contribution is 6.31. The van der Waals surface area contributed by atoms with Crippen molar-refractivity contribution in [1.82, 2.24) is 19.6 Å². The molecule has 2 heterocycles. The number of halogens is 1. The highest BCUT2D eigenvalue weighted by Crippen LogP contribution is 2.25. The molecule has 0 radical (unpaired) electrons. The van der Waals surface area contributed by atoms with Crippen LogP contribution < -0.4 is 5.73 Å². The molecule has 2 rings (SSSR count). The van der Waals surface area contributed by atoms with Crippen molar-refractivity contribution in [2.24, 2.45) is 19.8 Å². The van der Waals surface area contributed by atoms with Gasteiger partial charge in [0.2, 0.25) is 0 Å². The zero-order valence-corrected chi connectivity index (χ0v) is 10.9. The summed E-state index contributed by atoms with van der Waals surface area (Å²) in [5.74, 6) is 0. The van der Waals surface area contributed by atoms with Crippen molar-refractivity contribution in [1.29, 1.82) is 0 Å². The number of nitrogens with two attached hydrogens (primary N) is 1. The van der Waals surface area contributed by atoms with Crippen LogP contribution in [0.15, 0.2) is 12.3 Å². The van der Waals surface area contributed by atoms with Crippen LogP contribution in [0.3, 0.4) is 0 Å². The summed E-state index contributed by atoms with van der Waals surface area (Å²) in [7, 11) is 3.72. The Hall–Kier alpha value is -1.33. The van der Waals surface area contributed by atoms with Crippen molar-refractivity contribution in [3.8, 4) is 0 Å². The predicted molar refractivity (Wildman–Crippen MR) is 66.8 cm³/mol. The molecule has 0 fully saturated rings. The summed E-state index contributed by atoms with van der Waals surface area (Å²) in [5, 5.41) is 9.06. The molecule has 6 heteroatoms. The molecule has 0 aliphatic carbocycles. The van der Waals surface area contributed by atoms with Crippen molar-refractivity contribution >= 4 is 11.6 Å². The predicted octanol–water partition coefficient (Wildman–Crippen LogP) is 1.42. The van der Waals surface area contributed by atoms with Crippen molar-refractivity contribution in [3.05, 3.63) is 34.4 Å². The minimum Gasteiger partial charge on any atom is -0.318 e. The molecule has 2 aromatic rings. The summed E-state index contributed by atoms with van der Waals surface area (Å²) in [6, 6.07) is 1.70. The van der Waals surface area contributed by atoms with E-state index >= 15 is 0 Å². The zero-order valence-electron chi connectivity index (χ0n) is 10.2. The van der Waals surface area contributed by atoms with Crippen LogP contribution >= 0.6 is 11.6 Å². The average Bonchev–Trinajstić information content (AvgIpc) is 2.82. The van der Waals surface area contributed by atoms with Crippen molar-refractivity contribution in [2.45, 2.75) is 19.4 Å². The average molecular weight is 254 g/mol. The second-order valence-electron chi connectivity index (χ2n) is 4.02.